The molecule has 26 heavy (non-hydrogen) atoms. The quantitative estimate of drug-likeness (QED) is 0.782. The van der Waals surface area contributed by atoms with Crippen molar-refractivity contribution in [1.29, 1.82) is 0 Å². The SMILES string of the molecule is Cc1c(CCC(=O)NS(=O)(=O)c2ccc3c(c2)NC(=O)CO3)cnn1C. The number of benzene rings is 1. The van der Waals surface area contributed by atoms with Crippen molar-refractivity contribution in [3.63, 3.8) is 0 Å². The number of amides is 2. The zero-order valence-corrected chi connectivity index (χ0v) is 15.1. The molecular formula is C16H18N4O5S. The molecule has 1 aromatic heterocycles. The Morgan fingerprint density at radius 3 is 2.88 bits per heavy atom. The third kappa shape index (κ3) is 3.69. The number of sulfonamides is 1. The van der Waals surface area contributed by atoms with Crippen LogP contribution >= 0.6 is 0 Å². The Hall–Kier alpha value is -2.88. The van der Waals surface area contributed by atoms with E-state index in [0.717, 1.165) is 11.3 Å². The Morgan fingerprint density at radius 1 is 1.42 bits per heavy atom. The summed E-state index contributed by atoms with van der Waals surface area (Å²) in [4.78, 5) is 23.3. The molecule has 2 N–H and O–H groups in total. The zero-order valence-electron chi connectivity index (χ0n) is 14.3. The molecular weight excluding hydrogens is 360 g/mol. The van der Waals surface area contributed by atoms with Gasteiger partial charge in [0.2, 0.25) is 5.91 Å². The monoisotopic (exact) mass is 378 g/mol. The largest absolute Gasteiger partial charge is 0.482 e. The van der Waals surface area contributed by atoms with E-state index in [1.54, 1.807) is 17.9 Å². The van der Waals surface area contributed by atoms with Gasteiger partial charge in [-0.25, -0.2) is 13.1 Å². The molecule has 0 aliphatic carbocycles. The van der Waals surface area contributed by atoms with E-state index < -0.39 is 15.9 Å². The Kier molecular flexibility index (Phi) is 4.68. The summed E-state index contributed by atoms with van der Waals surface area (Å²) in [6.07, 6.45) is 2.05. The fourth-order valence-corrected chi connectivity index (χ4v) is 3.57. The Morgan fingerprint density at radius 2 is 2.19 bits per heavy atom. The lowest BCUT2D eigenvalue weighted by atomic mass is 10.1. The normalized spacial score (nSPS) is 13.5. The molecule has 0 bridgehead atoms. The average Bonchev–Trinajstić information content (AvgIpc) is 2.90. The highest BCUT2D eigenvalue weighted by Gasteiger charge is 2.22. The number of aryl methyl sites for hydroxylation is 2. The van der Waals surface area contributed by atoms with Gasteiger partial charge in [0.15, 0.2) is 6.61 Å². The van der Waals surface area contributed by atoms with Crippen LogP contribution < -0.4 is 14.8 Å². The summed E-state index contributed by atoms with van der Waals surface area (Å²) in [6.45, 7) is 1.75. The first-order valence-electron chi connectivity index (χ1n) is 7.86. The second kappa shape index (κ2) is 6.79. The minimum Gasteiger partial charge on any atom is -0.482 e. The van der Waals surface area contributed by atoms with Gasteiger partial charge >= 0.3 is 0 Å². The number of carbonyl (C=O) groups is 2. The molecule has 0 radical (unpaired) electrons. The summed E-state index contributed by atoms with van der Waals surface area (Å²) in [5.74, 6) is -0.615. The number of anilines is 1. The fourth-order valence-electron chi connectivity index (χ4n) is 2.53. The molecule has 138 valence electrons. The highest BCUT2D eigenvalue weighted by molar-refractivity contribution is 7.90. The molecule has 0 saturated carbocycles. The molecule has 10 heteroatoms. The van der Waals surface area contributed by atoms with Crippen LogP contribution in [0.3, 0.4) is 0 Å². The van der Waals surface area contributed by atoms with E-state index in [1.165, 1.54) is 18.2 Å². The standard InChI is InChI=1S/C16H18N4O5S/c1-10-11(8-17-20(10)2)3-6-15(21)19-26(23,24)12-4-5-14-13(7-12)18-16(22)9-25-14/h4-5,7-8H,3,6,9H2,1-2H3,(H,18,22)(H,19,21). The highest BCUT2D eigenvalue weighted by Crippen LogP contribution is 2.30. The number of nitrogens with zero attached hydrogens (tertiary/aromatic N) is 2. The van der Waals surface area contributed by atoms with E-state index in [4.69, 9.17) is 4.74 Å². The maximum atomic E-state index is 12.4. The number of hydrogen-bond acceptors (Lipinski definition) is 6. The third-order valence-electron chi connectivity index (χ3n) is 4.10. The van der Waals surface area contributed by atoms with Crippen molar-refractivity contribution in [2.24, 2.45) is 7.05 Å². The Balaban J connectivity index is 1.68. The Labute approximate surface area is 150 Å². The predicted molar refractivity (Wildman–Crippen MR) is 92.2 cm³/mol. The summed E-state index contributed by atoms with van der Waals surface area (Å²) in [6, 6.07) is 4.01. The summed E-state index contributed by atoms with van der Waals surface area (Å²) in [7, 11) is -2.25. The van der Waals surface area contributed by atoms with Crippen LogP contribution in [0.4, 0.5) is 5.69 Å². The molecule has 1 aliphatic heterocycles. The zero-order chi connectivity index (χ0) is 18.9. The van der Waals surface area contributed by atoms with Gasteiger partial charge in [-0.1, -0.05) is 0 Å². The fraction of sp³-hybridized carbons (Fsp3) is 0.312. The second-order valence-corrected chi connectivity index (χ2v) is 7.58. The van der Waals surface area contributed by atoms with Crippen molar-refractivity contribution < 1.29 is 22.7 Å². The minimum atomic E-state index is -4.05. The summed E-state index contributed by atoms with van der Waals surface area (Å²) >= 11 is 0. The van der Waals surface area contributed by atoms with Crippen LogP contribution in [0.1, 0.15) is 17.7 Å². The van der Waals surface area contributed by atoms with Crippen molar-refractivity contribution in [3.05, 3.63) is 35.7 Å². The van der Waals surface area contributed by atoms with Crippen molar-refractivity contribution >= 4 is 27.5 Å². The van der Waals surface area contributed by atoms with E-state index in [1.807, 2.05) is 11.6 Å². The van der Waals surface area contributed by atoms with Gasteiger partial charge in [0.05, 0.1) is 16.8 Å². The van der Waals surface area contributed by atoms with Gasteiger partial charge in [-0.15, -0.1) is 0 Å². The van der Waals surface area contributed by atoms with Crippen molar-refractivity contribution in [1.82, 2.24) is 14.5 Å². The Bertz CT molecular complexity index is 981. The van der Waals surface area contributed by atoms with Crippen LogP contribution in [0, 0.1) is 6.92 Å². The molecule has 0 atom stereocenters. The lowest BCUT2D eigenvalue weighted by molar-refractivity contribution is -0.119. The van der Waals surface area contributed by atoms with E-state index in [0.29, 0.717) is 12.2 Å². The number of nitrogens with one attached hydrogen (secondary N) is 2. The third-order valence-corrected chi connectivity index (χ3v) is 5.47. The van der Waals surface area contributed by atoms with Gasteiger partial charge < -0.3 is 10.1 Å². The van der Waals surface area contributed by atoms with E-state index in [9.17, 15) is 18.0 Å². The number of hydrogen-bond donors (Lipinski definition) is 2. The summed E-state index contributed by atoms with van der Waals surface area (Å²) < 4.78 is 33.7. The minimum absolute atomic E-state index is 0.0105. The van der Waals surface area contributed by atoms with Crippen molar-refractivity contribution in [3.8, 4) is 5.75 Å². The van der Waals surface area contributed by atoms with Gasteiger partial charge in [0.1, 0.15) is 5.75 Å². The number of carbonyl (C=O) groups excluding carboxylic acids is 2. The average molecular weight is 378 g/mol. The van der Waals surface area contributed by atoms with Crippen molar-refractivity contribution in [2.45, 2.75) is 24.7 Å². The molecule has 2 heterocycles. The van der Waals surface area contributed by atoms with E-state index in [-0.39, 0.29) is 29.5 Å². The number of rotatable bonds is 5. The van der Waals surface area contributed by atoms with Gasteiger partial charge in [-0.3, -0.25) is 14.3 Å². The van der Waals surface area contributed by atoms with Crippen LogP contribution in [0.5, 0.6) is 5.75 Å². The van der Waals surface area contributed by atoms with Gasteiger partial charge in [-0.2, -0.15) is 5.10 Å². The molecule has 0 saturated heterocycles. The summed E-state index contributed by atoms with van der Waals surface area (Å²) in [5, 5.41) is 6.61. The smallest absolute Gasteiger partial charge is 0.264 e. The summed E-state index contributed by atoms with van der Waals surface area (Å²) in [5.41, 5.74) is 2.06. The maximum absolute atomic E-state index is 12.4. The van der Waals surface area contributed by atoms with E-state index >= 15 is 0 Å². The molecule has 2 aromatic rings. The lowest BCUT2D eigenvalue weighted by Gasteiger charge is -2.18. The highest BCUT2D eigenvalue weighted by atomic mass is 32.2. The molecule has 2 amide bonds. The lowest BCUT2D eigenvalue weighted by Crippen LogP contribution is -2.31. The molecule has 3 rings (SSSR count). The van der Waals surface area contributed by atoms with Crippen LogP contribution in [0.2, 0.25) is 0 Å². The number of ether oxygens (including phenoxy) is 1. The first-order chi connectivity index (χ1) is 12.3. The topological polar surface area (TPSA) is 119 Å². The van der Waals surface area contributed by atoms with Crippen LogP contribution in [-0.4, -0.2) is 36.6 Å². The first kappa shape index (κ1) is 17.9. The van der Waals surface area contributed by atoms with Gasteiger partial charge in [0.25, 0.3) is 15.9 Å². The second-order valence-electron chi connectivity index (χ2n) is 5.90. The van der Waals surface area contributed by atoms with Crippen LogP contribution in [-0.2, 0) is 33.1 Å². The maximum Gasteiger partial charge on any atom is 0.264 e. The molecule has 0 unspecified atom stereocenters. The predicted octanol–water partition coefficient (Wildman–Crippen LogP) is 0.497. The molecule has 0 spiro atoms. The molecule has 1 aromatic carbocycles. The van der Waals surface area contributed by atoms with Crippen LogP contribution in [0.25, 0.3) is 0 Å². The van der Waals surface area contributed by atoms with Gasteiger partial charge in [0, 0.05) is 19.2 Å². The molecule has 1 aliphatic rings. The van der Waals surface area contributed by atoms with Crippen LogP contribution in [0.15, 0.2) is 29.3 Å². The molecule has 0 fully saturated rings. The van der Waals surface area contributed by atoms with Gasteiger partial charge in [-0.05, 0) is 37.1 Å². The van der Waals surface area contributed by atoms with E-state index in [2.05, 4.69) is 10.4 Å². The number of fused-ring (bicyclic) bond motifs is 1. The molecule has 9 nitrogen and oxygen atoms in total. The first-order valence-corrected chi connectivity index (χ1v) is 9.34. The number of aromatic nitrogens is 2. The van der Waals surface area contributed by atoms with Crippen molar-refractivity contribution in [2.75, 3.05) is 11.9 Å².